The first kappa shape index (κ1) is 16.1. The van der Waals surface area contributed by atoms with E-state index in [1.807, 2.05) is 17.5 Å². The maximum Gasteiger partial charge on any atom is 0.255 e. The normalized spacial score (nSPS) is 25.0. The molecule has 2 fully saturated rings. The first-order chi connectivity index (χ1) is 11.8. The van der Waals surface area contributed by atoms with Crippen molar-refractivity contribution < 1.29 is 9.53 Å². The predicted molar refractivity (Wildman–Crippen MR) is 97.7 cm³/mol. The number of ether oxygens (including phenoxy) is 1. The van der Waals surface area contributed by atoms with E-state index in [-0.39, 0.29) is 18.1 Å². The van der Waals surface area contributed by atoms with Crippen LogP contribution in [0.25, 0.3) is 10.1 Å². The Bertz CT molecular complexity index is 723. The van der Waals surface area contributed by atoms with Crippen molar-refractivity contribution in [3.63, 3.8) is 0 Å². The summed E-state index contributed by atoms with van der Waals surface area (Å²) in [6.07, 6.45) is 3.67. The van der Waals surface area contributed by atoms with Crippen LogP contribution < -0.4 is 0 Å². The van der Waals surface area contributed by atoms with E-state index in [4.69, 9.17) is 4.74 Å². The molecule has 0 unspecified atom stereocenters. The average molecular weight is 344 g/mol. The topological polar surface area (TPSA) is 32.8 Å². The fraction of sp³-hybridized carbons (Fsp3) is 0.526. The van der Waals surface area contributed by atoms with Gasteiger partial charge in [0.25, 0.3) is 5.91 Å². The van der Waals surface area contributed by atoms with Crippen molar-refractivity contribution in [3.8, 4) is 0 Å². The number of methoxy groups -OCH3 is 1. The summed E-state index contributed by atoms with van der Waals surface area (Å²) in [6, 6.07) is 8.44. The molecular formula is C19H24N2O2S. The van der Waals surface area contributed by atoms with Crippen LogP contribution >= 0.6 is 11.3 Å². The number of fused-ring (bicyclic) bond motifs is 1. The Morgan fingerprint density at radius 2 is 2.08 bits per heavy atom. The van der Waals surface area contributed by atoms with Crippen molar-refractivity contribution in [1.29, 1.82) is 0 Å². The number of carbonyl (C=O) groups is 1. The summed E-state index contributed by atoms with van der Waals surface area (Å²) in [5, 5.41) is 3.09. The van der Waals surface area contributed by atoms with Gasteiger partial charge in [0.1, 0.15) is 0 Å². The van der Waals surface area contributed by atoms with E-state index in [0.29, 0.717) is 6.54 Å². The highest BCUT2D eigenvalue weighted by Crippen LogP contribution is 2.30. The lowest BCUT2D eigenvalue weighted by Crippen LogP contribution is -2.42. The van der Waals surface area contributed by atoms with Crippen molar-refractivity contribution in [2.24, 2.45) is 0 Å². The third kappa shape index (κ3) is 2.96. The first-order valence-corrected chi connectivity index (χ1v) is 9.66. The minimum absolute atomic E-state index is 0.159. The van der Waals surface area contributed by atoms with Gasteiger partial charge in [0.2, 0.25) is 0 Å². The van der Waals surface area contributed by atoms with Crippen LogP contribution in [0.3, 0.4) is 0 Å². The lowest BCUT2D eigenvalue weighted by molar-refractivity contribution is 0.0672. The smallest absolute Gasteiger partial charge is 0.255 e. The molecule has 2 aliphatic heterocycles. The van der Waals surface area contributed by atoms with Gasteiger partial charge in [0, 0.05) is 41.7 Å². The molecule has 4 rings (SSSR count). The van der Waals surface area contributed by atoms with Crippen LogP contribution in [-0.4, -0.2) is 61.1 Å². The van der Waals surface area contributed by atoms with Crippen LogP contribution in [-0.2, 0) is 4.74 Å². The van der Waals surface area contributed by atoms with Crippen LogP contribution in [0.1, 0.15) is 29.6 Å². The number of hydrogen-bond acceptors (Lipinski definition) is 4. The Kier molecular flexibility index (Phi) is 4.57. The summed E-state index contributed by atoms with van der Waals surface area (Å²) in [6.45, 7) is 4.01. The molecule has 128 valence electrons. The standard InChI is InChI=1S/C19H24N2O2S/c1-23-15-10-14(11-20-8-4-5-9-20)21(12-15)19(22)17-13-24-18-7-3-2-6-16(17)18/h2-3,6-7,13-15H,4-5,8-12H2,1H3/t14-,15-/m0/s1. The number of nitrogens with zero attached hydrogens (tertiary/aromatic N) is 2. The Balaban J connectivity index is 1.58. The SMILES string of the molecule is CO[C@H]1C[C@@H](CN2CCCC2)N(C(=O)c2csc3ccccc23)C1. The van der Waals surface area contributed by atoms with Crippen molar-refractivity contribution in [1.82, 2.24) is 9.80 Å². The molecule has 5 heteroatoms. The first-order valence-electron chi connectivity index (χ1n) is 8.78. The van der Waals surface area contributed by atoms with Gasteiger partial charge >= 0.3 is 0 Å². The van der Waals surface area contributed by atoms with Crippen molar-refractivity contribution >= 4 is 27.3 Å². The van der Waals surface area contributed by atoms with E-state index in [2.05, 4.69) is 21.9 Å². The molecule has 2 saturated heterocycles. The van der Waals surface area contributed by atoms with E-state index in [1.54, 1.807) is 18.4 Å². The lowest BCUT2D eigenvalue weighted by Gasteiger charge is -2.28. The van der Waals surface area contributed by atoms with Gasteiger partial charge in [-0.3, -0.25) is 4.79 Å². The molecule has 0 N–H and O–H groups in total. The maximum atomic E-state index is 13.2. The molecular weight excluding hydrogens is 320 g/mol. The summed E-state index contributed by atoms with van der Waals surface area (Å²) < 4.78 is 6.76. The van der Waals surface area contributed by atoms with Gasteiger partial charge in [0.15, 0.2) is 0 Å². The molecule has 1 amide bonds. The highest BCUT2D eigenvalue weighted by molar-refractivity contribution is 7.17. The largest absolute Gasteiger partial charge is 0.380 e. The molecule has 2 atom stereocenters. The molecule has 0 saturated carbocycles. The number of carbonyl (C=O) groups excluding carboxylic acids is 1. The molecule has 2 aliphatic rings. The van der Waals surface area contributed by atoms with Gasteiger partial charge in [-0.1, -0.05) is 18.2 Å². The summed E-state index contributed by atoms with van der Waals surface area (Å²) >= 11 is 1.65. The van der Waals surface area contributed by atoms with E-state index >= 15 is 0 Å². The molecule has 0 aliphatic carbocycles. The fourth-order valence-corrected chi connectivity index (χ4v) is 4.96. The monoisotopic (exact) mass is 344 g/mol. The van der Waals surface area contributed by atoms with Crippen LogP contribution in [0, 0.1) is 0 Å². The molecule has 0 radical (unpaired) electrons. The van der Waals surface area contributed by atoms with Gasteiger partial charge < -0.3 is 14.5 Å². The summed E-state index contributed by atoms with van der Waals surface area (Å²) in [4.78, 5) is 17.8. The predicted octanol–water partition coefficient (Wildman–Crippen LogP) is 3.23. The Labute approximate surface area is 147 Å². The van der Waals surface area contributed by atoms with Gasteiger partial charge in [-0.15, -0.1) is 11.3 Å². The molecule has 0 bridgehead atoms. The third-order valence-corrected chi connectivity index (χ3v) is 6.31. The van der Waals surface area contributed by atoms with Crippen LogP contribution in [0.5, 0.6) is 0 Å². The number of amides is 1. The zero-order valence-corrected chi connectivity index (χ0v) is 14.9. The van der Waals surface area contributed by atoms with Gasteiger partial charge in [-0.2, -0.15) is 0 Å². The molecule has 1 aromatic carbocycles. The highest BCUT2D eigenvalue weighted by Gasteiger charge is 2.37. The average Bonchev–Trinajstić information content (AvgIpc) is 3.34. The van der Waals surface area contributed by atoms with Gasteiger partial charge in [0.05, 0.1) is 11.7 Å². The Morgan fingerprint density at radius 3 is 2.88 bits per heavy atom. The lowest BCUT2D eigenvalue weighted by atomic mass is 10.1. The zero-order valence-electron chi connectivity index (χ0n) is 14.1. The van der Waals surface area contributed by atoms with Gasteiger partial charge in [-0.25, -0.2) is 0 Å². The van der Waals surface area contributed by atoms with Gasteiger partial charge in [-0.05, 0) is 38.4 Å². The summed E-state index contributed by atoms with van der Waals surface area (Å²) in [5.74, 6) is 0.163. The van der Waals surface area contributed by atoms with Crippen LogP contribution in [0.15, 0.2) is 29.6 Å². The third-order valence-electron chi connectivity index (χ3n) is 5.35. The number of benzene rings is 1. The minimum atomic E-state index is 0.159. The summed E-state index contributed by atoms with van der Waals surface area (Å²) in [5.41, 5.74) is 0.846. The number of hydrogen-bond donors (Lipinski definition) is 0. The second-order valence-electron chi connectivity index (χ2n) is 6.86. The molecule has 3 heterocycles. The number of rotatable bonds is 4. The minimum Gasteiger partial charge on any atom is -0.380 e. The summed E-state index contributed by atoms with van der Waals surface area (Å²) in [7, 11) is 1.76. The quantitative estimate of drug-likeness (QED) is 0.854. The molecule has 2 aromatic rings. The van der Waals surface area contributed by atoms with E-state index in [1.165, 1.54) is 17.5 Å². The zero-order chi connectivity index (χ0) is 16.5. The Hall–Kier alpha value is -1.43. The van der Waals surface area contributed by atoms with E-state index in [0.717, 1.165) is 37.0 Å². The van der Waals surface area contributed by atoms with Crippen LogP contribution in [0.4, 0.5) is 0 Å². The van der Waals surface area contributed by atoms with Crippen molar-refractivity contribution in [2.75, 3.05) is 33.3 Å². The number of likely N-dealkylation sites (tertiary alicyclic amines) is 2. The van der Waals surface area contributed by atoms with Crippen molar-refractivity contribution in [3.05, 3.63) is 35.2 Å². The van der Waals surface area contributed by atoms with E-state index in [9.17, 15) is 4.79 Å². The van der Waals surface area contributed by atoms with E-state index < -0.39 is 0 Å². The van der Waals surface area contributed by atoms with Crippen molar-refractivity contribution in [2.45, 2.75) is 31.4 Å². The molecule has 1 aromatic heterocycles. The molecule has 0 spiro atoms. The number of thiophene rings is 1. The Morgan fingerprint density at radius 1 is 1.29 bits per heavy atom. The maximum absolute atomic E-state index is 13.2. The second kappa shape index (κ2) is 6.82. The second-order valence-corrected chi connectivity index (χ2v) is 7.77. The fourth-order valence-electron chi connectivity index (χ4n) is 4.03. The van der Waals surface area contributed by atoms with Crippen LogP contribution in [0.2, 0.25) is 0 Å². The molecule has 4 nitrogen and oxygen atoms in total. The molecule has 24 heavy (non-hydrogen) atoms. The highest BCUT2D eigenvalue weighted by atomic mass is 32.1.